The number of rotatable bonds is 3. The van der Waals surface area contributed by atoms with Crippen molar-refractivity contribution in [1.29, 1.82) is 0 Å². The Balaban J connectivity index is 1.81. The number of sulfonamides is 1. The normalized spacial score (nSPS) is 15.4. The molecule has 0 aliphatic carbocycles. The summed E-state index contributed by atoms with van der Waals surface area (Å²) in [5.74, 6) is 0.806. The van der Waals surface area contributed by atoms with E-state index in [-0.39, 0.29) is 4.90 Å². The first-order chi connectivity index (χ1) is 11.5. The van der Waals surface area contributed by atoms with Crippen molar-refractivity contribution < 1.29 is 22.3 Å². The monoisotopic (exact) mass is 349 g/mol. The van der Waals surface area contributed by atoms with Gasteiger partial charge < -0.3 is 9.47 Å². The number of ether oxygens (including phenoxy) is 2. The van der Waals surface area contributed by atoms with Crippen LogP contribution in [0.25, 0.3) is 0 Å². The summed E-state index contributed by atoms with van der Waals surface area (Å²) < 4.78 is 52.7. The fourth-order valence-corrected chi connectivity index (χ4v) is 4.52. The molecule has 4 rings (SSSR count). The maximum absolute atomic E-state index is 13.3. The van der Waals surface area contributed by atoms with Crippen LogP contribution >= 0.6 is 0 Å². The predicted molar refractivity (Wildman–Crippen MR) is 86.8 cm³/mol. The van der Waals surface area contributed by atoms with Crippen LogP contribution in [0.5, 0.6) is 11.5 Å². The minimum absolute atomic E-state index is 0.0483. The molecule has 0 saturated carbocycles. The Morgan fingerprint density at radius 3 is 2.71 bits per heavy atom. The van der Waals surface area contributed by atoms with Crippen molar-refractivity contribution in [2.45, 2.75) is 24.7 Å². The van der Waals surface area contributed by atoms with Crippen molar-refractivity contribution in [1.82, 2.24) is 0 Å². The van der Waals surface area contributed by atoms with Crippen LogP contribution in [0.4, 0.5) is 10.1 Å². The molecule has 7 heteroatoms. The highest BCUT2D eigenvalue weighted by Crippen LogP contribution is 2.45. The molecule has 0 bridgehead atoms. The van der Waals surface area contributed by atoms with Crippen LogP contribution in [-0.2, 0) is 22.9 Å². The molecule has 0 spiro atoms. The Hall–Kier alpha value is -2.28. The van der Waals surface area contributed by atoms with Gasteiger partial charge in [0.05, 0.1) is 23.8 Å². The minimum Gasteiger partial charge on any atom is -0.493 e. The zero-order chi connectivity index (χ0) is 16.9. The SMILES string of the molecule is Cc1cc(F)ccc1S(=O)(=O)Nc1c2c(cc3c1OCC3)OCC2. The van der Waals surface area contributed by atoms with Gasteiger partial charge in [-0.3, -0.25) is 4.72 Å². The molecule has 126 valence electrons. The zero-order valence-corrected chi connectivity index (χ0v) is 13.9. The summed E-state index contributed by atoms with van der Waals surface area (Å²) in [7, 11) is -3.86. The Morgan fingerprint density at radius 1 is 1.12 bits per heavy atom. The first kappa shape index (κ1) is 15.3. The smallest absolute Gasteiger partial charge is 0.262 e. The van der Waals surface area contributed by atoms with Crippen molar-refractivity contribution in [3.05, 3.63) is 46.8 Å². The lowest BCUT2D eigenvalue weighted by Crippen LogP contribution is -2.16. The molecular formula is C17H16FNO4S. The number of hydrogen-bond donors (Lipinski definition) is 1. The lowest BCUT2D eigenvalue weighted by atomic mass is 10.0. The lowest BCUT2D eigenvalue weighted by molar-refractivity contribution is 0.356. The summed E-state index contributed by atoms with van der Waals surface area (Å²) >= 11 is 0. The molecule has 0 aromatic heterocycles. The Kier molecular flexibility index (Phi) is 3.42. The number of aryl methyl sites for hydroxylation is 1. The Bertz CT molecular complexity index is 908. The number of nitrogens with one attached hydrogen (secondary N) is 1. The van der Waals surface area contributed by atoms with Gasteiger partial charge in [0, 0.05) is 24.0 Å². The van der Waals surface area contributed by atoms with Gasteiger partial charge in [0.2, 0.25) is 0 Å². The van der Waals surface area contributed by atoms with Crippen molar-refractivity contribution >= 4 is 15.7 Å². The van der Waals surface area contributed by atoms with Gasteiger partial charge in [-0.2, -0.15) is 0 Å². The van der Waals surface area contributed by atoms with Gasteiger partial charge >= 0.3 is 0 Å². The first-order valence-corrected chi connectivity index (χ1v) is 9.17. The molecule has 2 aromatic rings. The number of hydrogen-bond acceptors (Lipinski definition) is 4. The molecular weight excluding hydrogens is 333 g/mol. The van der Waals surface area contributed by atoms with E-state index in [1.54, 1.807) is 6.92 Å². The van der Waals surface area contributed by atoms with Gasteiger partial charge in [0.15, 0.2) is 0 Å². The number of halogens is 1. The molecule has 0 atom stereocenters. The van der Waals surface area contributed by atoms with Crippen molar-refractivity contribution in [3.63, 3.8) is 0 Å². The zero-order valence-electron chi connectivity index (χ0n) is 13.1. The average Bonchev–Trinajstić information content (AvgIpc) is 3.14. The lowest BCUT2D eigenvalue weighted by Gasteiger charge is -2.16. The molecule has 0 unspecified atom stereocenters. The van der Waals surface area contributed by atoms with E-state index in [1.807, 2.05) is 6.07 Å². The number of fused-ring (bicyclic) bond motifs is 2. The van der Waals surface area contributed by atoms with Crippen LogP contribution in [-0.4, -0.2) is 21.6 Å². The predicted octanol–water partition coefficient (Wildman–Crippen LogP) is 2.80. The van der Waals surface area contributed by atoms with Gasteiger partial charge in [-0.15, -0.1) is 0 Å². The second kappa shape index (κ2) is 5.37. The van der Waals surface area contributed by atoms with E-state index in [2.05, 4.69) is 4.72 Å². The molecule has 2 heterocycles. The van der Waals surface area contributed by atoms with Gasteiger partial charge in [0.25, 0.3) is 10.0 Å². The molecule has 0 radical (unpaired) electrons. The van der Waals surface area contributed by atoms with Crippen molar-refractivity contribution in [2.24, 2.45) is 0 Å². The van der Waals surface area contributed by atoms with Gasteiger partial charge in [-0.05, 0) is 36.8 Å². The summed E-state index contributed by atoms with van der Waals surface area (Å²) in [6, 6.07) is 5.54. The molecule has 2 aliphatic heterocycles. The summed E-state index contributed by atoms with van der Waals surface area (Å²) in [5, 5.41) is 0. The second-order valence-electron chi connectivity index (χ2n) is 5.93. The Labute approximate surface area is 139 Å². The average molecular weight is 349 g/mol. The standard InChI is InChI=1S/C17H16FNO4S/c1-10-8-12(18)2-3-15(10)24(20,21)19-16-13-5-7-22-14(13)9-11-4-6-23-17(11)16/h2-3,8-9,19H,4-7H2,1H3. The van der Waals surface area contributed by atoms with Gasteiger partial charge in [0.1, 0.15) is 17.3 Å². The third kappa shape index (κ3) is 2.39. The van der Waals surface area contributed by atoms with E-state index in [9.17, 15) is 12.8 Å². The van der Waals surface area contributed by atoms with Crippen LogP contribution in [0.1, 0.15) is 16.7 Å². The van der Waals surface area contributed by atoms with Crippen molar-refractivity contribution in [2.75, 3.05) is 17.9 Å². The highest BCUT2D eigenvalue weighted by molar-refractivity contribution is 7.92. The molecule has 24 heavy (non-hydrogen) atoms. The quantitative estimate of drug-likeness (QED) is 0.925. The summed E-state index contributed by atoms with van der Waals surface area (Å²) in [5.41, 5.74) is 2.54. The maximum atomic E-state index is 13.3. The molecule has 0 amide bonds. The van der Waals surface area contributed by atoms with Crippen molar-refractivity contribution in [3.8, 4) is 11.5 Å². The number of anilines is 1. The summed E-state index contributed by atoms with van der Waals surface area (Å²) in [4.78, 5) is 0.0483. The van der Waals surface area contributed by atoms with Crippen LogP contribution in [0.15, 0.2) is 29.2 Å². The molecule has 0 saturated heterocycles. The third-order valence-corrected chi connectivity index (χ3v) is 5.82. The van der Waals surface area contributed by atoms with E-state index in [1.165, 1.54) is 12.1 Å². The van der Waals surface area contributed by atoms with E-state index >= 15 is 0 Å². The topological polar surface area (TPSA) is 64.6 Å². The summed E-state index contributed by atoms with van der Waals surface area (Å²) in [6.07, 6.45) is 1.34. The minimum atomic E-state index is -3.86. The van der Waals surface area contributed by atoms with E-state index in [0.717, 1.165) is 23.6 Å². The summed E-state index contributed by atoms with van der Waals surface area (Å²) in [6.45, 7) is 2.60. The van der Waals surface area contributed by atoms with Gasteiger partial charge in [-0.25, -0.2) is 12.8 Å². The van der Waals surface area contributed by atoms with Crippen LogP contribution < -0.4 is 14.2 Å². The second-order valence-corrected chi connectivity index (χ2v) is 7.58. The molecule has 0 fully saturated rings. The number of benzene rings is 2. The van der Waals surface area contributed by atoms with Crippen LogP contribution in [0, 0.1) is 12.7 Å². The molecule has 2 aliphatic rings. The highest BCUT2D eigenvalue weighted by atomic mass is 32.2. The first-order valence-electron chi connectivity index (χ1n) is 7.69. The molecule has 5 nitrogen and oxygen atoms in total. The molecule has 1 N–H and O–H groups in total. The maximum Gasteiger partial charge on any atom is 0.262 e. The fraction of sp³-hybridized carbons (Fsp3) is 0.294. The Morgan fingerprint density at radius 2 is 1.92 bits per heavy atom. The van der Waals surface area contributed by atoms with Crippen LogP contribution in [0.2, 0.25) is 0 Å². The molecule has 2 aromatic carbocycles. The third-order valence-electron chi connectivity index (χ3n) is 4.31. The van der Waals surface area contributed by atoms with E-state index < -0.39 is 15.8 Å². The van der Waals surface area contributed by atoms with E-state index in [0.29, 0.717) is 42.4 Å². The largest absolute Gasteiger partial charge is 0.493 e. The van der Waals surface area contributed by atoms with Gasteiger partial charge in [-0.1, -0.05) is 0 Å². The fourth-order valence-electron chi connectivity index (χ4n) is 3.20. The highest BCUT2D eigenvalue weighted by Gasteiger charge is 2.29. The van der Waals surface area contributed by atoms with E-state index in [4.69, 9.17) is 9.47 Å². The van der Waals surface area contributed by atoms with Crippen LogP contribution in [0.3, 0.4) is 0 Å².